The van der Waals surface area contributed by atoms with Crippen LogP contribution in [0.3, 0.4) is 0 Å². The molecule has 0 radical (unpaired) electrons. The van der Waals surface area contributed by atoms with E-state index < -0.39 is 9.84 Å². The van der Waals surface area contributed by atoms with Gasteiger partial charge in [0.25, 0.3) is 0 Å². The Morgan fingerprint density at radius 3 is 2.26 bits per heavy atom. The van der Waals surface area contributed by atoms with E-state index in [-0.39, 0.29) is 0 Å². The molecular weight excluding hydrogens is 260 g/mol. The highest BCUT2D eigenvalue weighted by atomic mass is 32.2. The van der Waals surface area contributed by atoms with Gasteiger partial charge >= 0.3 is 0 Å². The zero-order valence-corrected chi connectivity index (χ0v) is 12.7. The minimum Gasteiger partial charge on any atom is -0.300 e. The molecule has 1 atom stereocenters. The van der Waals surface area contributed by atoms with E-state index in [9.17, 15) is 13.2 Å². The molecule has 0 aliphatic heterocycles. The van der Waals surface area contributed by atoms with Crippen LogP contribution in [0, 0.1) is 5.92 Å². The molecule has 0 fully saturated rings. The molecule has 0 N–H and O–H groups in total. The van der Waals surface area contributed by atoms with Crippen LogP contribution in [0.4, 0.5) is 0 Å². The topological polar surface area (TPSA) is 51.2 Å². The van der Waals surface area contributed by atoms with Crippen molar-refractivity contribution in [2.45, 2.75) is 44.4 Å². The van der Waals surface area contributed by atoms with Gasteiger partial charge in [0.05, 0.1) is 4.90 Å². The van der Waals surface area contributed by atoms with Crippen LogP contribution in [-0.4, -0.2) is 20.5 Å². The zero-order chi connectivity index (χ0) is 14.5. The summed E-state index contributed by atoms with van der Waals surface area (Å²) in [6.45, 7) is 4.06. The van der Waals surface area contributed by atoms with Gasteiger partial charge in [-0.25, -0.2) is 8.42 Å². The van der Waals surface area contributed by atoms with E-state index in [1.165, 1.54) is 6.26 Å². The van der Waals surface area contributed by atoms with Crippen molar-refractivity contribution >= 4 is 15.6 Å². The first-order chi connectivity index (χ1) is 8.82. The highest BCUT2D eigenvalue weighted by molar-refractivity contribution is 7.90. The molecule has 0 spiro atoms. The molecule has 0 saturated heterocycles. The van der Waals surface area contributed by atoms with E-state index in [2.05, 4.69) is 6.92 Å². The summed E-state index contributed by atoms with van der Waals surface area (Å²) >= 11 is 0. The Balaban J connectivity index is 2.61. The maximum absolute atomic E-state index is 11.5. The molecule has 1 aromatic rings. The third-order valence-electron chi connectivity index (χ3n) is 3.04. The van der Waals surface area contributed by atoms with E-state index in [1.54, 1.807) is 12.1 Å². The summed E-state index contributed by atoms with van der Waals surface area (Å²) in [5.74, 6) is 0.603. The van der Waals surface area contributed by atoms with Gasteiger partial charge in [0, 0.05) is 19.1 Å². The first kappa shape index (κ1) is 15.9. The Labute approximate surface area is 116 Å². The van der Waals surface area contributed by atoms with E-state index in [1.807, 2.05) is 19.1 Å². The first-order valence-corrected chi connectivity index (χ1v) is 8.52. The predicted octanol–water partition coefficient (Wildman–Crippen LogP) is 3.03. The van der Waals surface area contributed by atoms with Crippen LogP contribution in [0.15, 0.2) is 29.2 Å². The van der Waals surface area contributed by atoms with Gasteiger partial charge in [0.15, 0.2) is 9.84 Å². The monoisotopic (exact) mass is 282 g/mol. The van der Waals surface area contributed by atoms with Gasteiger partial charge in [-0.15, -0.1) is 0 Å². The minimum absolute atomic E-state index is 0.295. The highest BCUT2D eigenvalue weighted by Gasteiger charge is 2.11. The number of sulfone groups is 1. The Kier molecular flexibility index (Phi) is 5.73. The van der Waals surface area contributed by atoms with Gasteiger partial charge < -0.3 is 0 Å². The quantitative estimate of drug-likeness (QED) is 0.772. The summed E-state index contributed by atoms with van der Waals surface area (Å²) in [6.07, 6.45) is 4.15. The summed E-state index contributed by atoms with van der Waals surface area (Å²) in [7, 11) is -3.13. The van der Waals surface area contributed by atoms with Crippen LogP contribution >= 0.6 is 0 Å². The number of carbonyl (C=O) groups is 1. The van der Waals surface area contributed by atoms with Gasteiger partial charge in [-0.1, -0.05) is 26.0 Å². The lowest BCUT2D eigenvalue weighted by Gasteiger charge is -2.10. The zero-order valence-electron chi connectivity index (χ0n) is 11.8. The molecule has 4 heteroatoms. The van der Waals surface area contributed by atoms with Crippen molar-refractivity contribution in [3.63, 3.8) is 0 Å². The van der Waals surface area contributed by atoms with Crippen LogP contribution in [0.5, 0.6) is 0 Å². The lowest BCUT2D eigenvalue weighted by molar-refractivity contribution is -0.119. The molecule has 0 aliphatic rings. The van der Waals surface area contributed by atoms with Gasteiger partial charge in [-0.2, -0.15) is 0 Å². The summed E-state index contributed by atoms with van der Waals surface area (Å²) in [5.41, 5.74) is 1.07. The number of benzene rings is 1. The van der Waals surface area contributed by atoms with E-state index >= 15 is 0 Å². The minimum atomic E-state index is -3.13. The molecule has 1 aromatic carbocycles. The summed E-state index contributed by atoms with van der Waals surface area (Å²) < 4.78 is 22.7. The lowest BCUT2D eigenvalue weighted by Crippen LogP contribution is -2.08. The van der Waals surface area contributed by atoms with E-state index in [0.29, 0.717) is 29.4 Å². The molecule has 1 unspecified atom stereocenters. The van der Waals surface area contributed by atoms with Gasteiger partial charge in [0.2, 0.25) is 0 Å². The smallest absolute Gasteiger partial charge is 0.175 e. The average molecular weight is 282 g/mol. The van der Waals surface area contributed by atoms with Gasteiger partial charge in [-0.3, -0.25) is 4.79 Å². The van der Waals surface area contributed by atoms with Gasteiger partial charge in [-0.05, 0) is 36.5 Å². The molecule has 0 aromatic heterocycles. The number of ketones is 1. The Morgan fingerprint density at radius 1 is 1.21 bits per heavy atom. The highest BCUT2D eigenvalue weighted by Crippen LogP contribution is 2.16. The number of Topliss-reactive ketones (excluding diaryl/α,β-unsaturated/α-hetero) is 1. The molecule has 19 heavy (non-hydrogen) atoms. The number of hydrogen-bond acceptors (Lipinski definition) is 3. The Hall–Kier alpha value is -1.16. The standard InChI is InChI=1S/C15H22O3S/c1-4-5-14(16)11-12(2)10-13-6-8-15(9-7-13)19(3,17)18/h6-9,12H,4-5,10-11H2,1-3H3. The normalized spacial score (nSPS) is 13.2. The Bertz CT molecular complexity index is 515. The fraction of sp³-hybridized carbons (Fsp3) is 0.533. The van der Waals surface area contributed by atoms with Crippen molar-refractivity contribution in [2.24, 2.45) is 5.92 Å². The summed E-state index contributed by atoms with van der Waals surface area (Å²) in [5, 5.41) is 0. The molecule has 0 saturated carbocycles. The molecule has 106 valence electrons. The number of rotatable bonds is 7. The molecule has 0 heterocycles. The largest absolute Gasteiger partial charge is 0.300 e. The number of hydrogen-bond donors (Lipinski definition) is 0. The molecule has 3 nitrogen and oxygen atoms in total. The maximum Gasteiger partial charge on any atom is 0.175 e. The van der Waals surface area contributed by atoms with E-state index in [4.69, 9.17) is 0 Å². The van der Waals surface area contributed by atoms with Crippen LogP contribution in [0.25, 0.3) is 0 Å². The third-order valence-corrected chi connectivity index (χ3v) is 4.17. The van der Waals surface area contributed by atoms with Gasteiger partial charge in [0.1, 0.15) is 5.78 Å². The van der Waals surface area contributed by atoms with Crippen molar-refractivity contribution in [2.75, 3.05) is 6.26 Å². The third kappa shape index (κ3) is 5.55. The van der Waals surface area contributed by atoms with Crippen molar-refractivity contribution in [3.8, 4) is 0 Å². The second kappa shape index (κ2) is 6.85. The maximum atomic E-state index is 11.5. The first-order valence-electron chi connectivity index (χ1n) is 6.63. The SMILES string of the molecule is CCCC(=O)CC(C)Cc1ccc(S(C)(=O)=O)cc1. The molecule has 0 amide bonds. The predicted molar refractivity (Wildman–Crippen MR) is 77.0 cm³/mol. The molecule has 0 bridgehead atoms. The number of carbonyl (C=O) groups excluding carboxylic acids is 1. The van der Waals surface area contributed by atoms with Crippen LogP contribution < -0.4 is 0 Å². The Morgan fingerprint density at radius 2 is 1.79 bits per heavy atom. The van der Waals surface area contributed by atoms with Crippen LogP contribution in [0.2, 0.25) is 0 Å². The molecule has 1 rings (SSSR count). The summed E-state index contributed by atoms with van der Waals surface area (Å²) in [4.78, 5) is 11.9. The fourth-order valence-corrected chi connectivity index (χ4v) is 2.75. The lowest BCUT2D eigenvalue weighted by atomic mass is 9.95. The van der Waals surface area contributed by atoms with Crippen molar-refractivity contribution in [3.05, 3.63) is 29.8 Å². The van der Waals surface area contributed by atoms with Crippen LogP contribution in [-0.2, 0) is 21.1 Å². The van der Waals surface area contributed by atoms with Crippen LogP contribution in [0.1, 0.15) is 38.7 Å². The van der Waals surface area contributed by atoms with Crippen molar-refractivity contribution in [1.82, 2.24) is 0 Å². The average Bonchev–Trinajstić information content (AvgIpc) is 2.28. The van der Waals surface area contributed by atoms with Crippen molar-refractivity contribution < 1.29 is 13.2 Å². The second-order valence-corrected chi connectivity index (χ2v) is 7.23. The second-order valence-electron chi connectivity index (χ2n) is 5.22. The summed E-state index contributed by atoms with van der Waals surface area (Å²) in [6, 6.07) is 6.92. The van der Waals surface area contributed by atoms with E-state index in [0.717, 1.165) is 18.4 Å². The fourth-order valence-electron chi connectivity index (χ4n) is 2.12. The van der Waals surface area contributed by atoms with Crippen molar-refractivity contribution in [1.29, 1.82) is 0 Å². The molecular formula is C15H22O3S. The molecule has 0 aliphatic carbocycles.